The lowest BCUT2D eigenvalue weighted by atomic mass is 10.1. The maximum atomic E-state index is 13.0. The van der Waals surface area contributed by atoms with Gasteiger partial charge >= 0.3 is 0 Å². The Labute approximate surface area is 168 Å². The molecule has 2 aromatic rings. The van der Waals surface area contributed by atoms with Crippen molar-refractivity contribution in [2.75, 3.05) is 17.9 Å². The van der Waals surface area contributed by atoms with E-state index in [1.54, 1.807) is 36.4 Å². The Morgan fingerprint density at radius 1 is 1.04 bits per heavy atom. The molecular formula is C22H28N2O3S. The van der Waals surface area contributed by atoms with Crippen LogP contribution in [0.1, 0.15) is 49.4 Å². The van der Waals surface area contributed by atoms with Crippen molar-refractivity contribution in [3.8, 4) is 0 Å². The fourth-order valence-corrected chi connectivity index (χ4v) is 4.93. The van der Waals surface area contributed by atoms with Gasteiger partial charge in [-0.25, -0.2) is 8.42 Å². The van der Waals surface area contributed by atoms with Crippen molar-refractivity contribution in [1.82, 2.24) is 4.90 Å². The van der Waals surface area contributed by atoms with Crippen LogP contribution in [0.3, 0.4) is 0 Å². The Bertz CT molecular complexity index is 895. The van der Waals surface area contributed by atoms with Crippen molar-refractivity contribution < 1.29 is 13.2 Å². The van der Waals surface area contributed by atoms with Gasteiger partial charge in [-0.1, -0.05) is 38.0 Å². The summed E-state index contributed by atoms with van der Waals surface area (Å²) in [5.74, 6) is -0.00545. The summed E-state index contributed by atoms with van der Waals surface area (Å²) in [4.78, 5) is 15.1. The second-order valence-electron chi connectivity index (χ2n) is 7.24. The van der Waals surface area contributed by atoms with Crippen LogP contribution < -0.4 is 4.31 Å². The van der Waals surface area contributed by atoms with Crippen LogP contribution in [0.15, 0.2) is 59.5 Å². The molecule has 0 aliphatic carbocycles. The van der Waals surface area contributed by atoms with Crippen molar-refractivity contribution in [1.29, 1.82) is 0 Å². The van der Waals surface area contributed by atoms with Gasteiger partial charge in [-0.2, -0.15) is 0 Å². The molecule has 1 atom stereocenters. The minimum atomic E-state index is -3.67. The van der Waals surface area contributed by atoms with Gasteiger partial charge in [0.15, 0.2) is 0 Å². The standard InChI is InChI=1S/C22H28N2O3S/c1-3-19-10-8-5-9-17-24(19)22(25)18-13-15-21(16-14-18)28(26,27)23(2)20-11-6-4-7-12-20/h4,6-7,11-16,19H,3,5,8-10,17H2,1-2H3. The van der Waals surface area contributed by atoms with Crippen molar-refractivity contribution >= 4 is 21.6 Å². The lowest BCUT2D eigenvalue weighted by Gasteiger charge is -2.29. The average molecular weight is 401 g/mol. The smallest absolute Gasteiger partial charge is 0.264 e. The van der Waals surface area contributed by atoms with Crippen molar-refractivity contribution in [2.45, 2.75) is 50.0 Å². The molecule has 3 rings (SSSR count). The summed E-state index contributed by atoms with van der Waals surface area (Å²) < 4.78 is 27.0. The van der Waals surface area contributed by atoms with Gasteiger partial charge < -0.3 is 4.90 Å². The van der Waals surface area contributed by atoms with Gasteiger partial charge in [0.05, 0.1) is 10.6 Å². The van der Waals surface area contributed by atoms with E-state index >= 15 is 0 Å². The zero-order chi connectivity index (χ0) is 20.1. The minimum Gasteiger partial charge on any atom is -0.336 e. The van der Waals surface area contributed by atoms with Gasteiger partial charge in [-0.3, -0.25) is 9.10 Å². The molecule has 0 bridgehead atoms. The molecule has 5 nitrogen and oxygen atoms in total. The maximum absolute atomic E-state index is 13.0. The fraction of sp³-hybridized carbons (Fsp3) is 0.409. The molecule has 28 heavy (non-hydrogen) atoms. The van der Waals surface area contributed by atoms with Crippen molar-refractivity contribution in [2.24, 2.45) is 0 Å². The van der Waals surface area contributed by atoms with E-state index in [9.17, 15) is 13.2 Å². The Morgan fingerprint density at radius 3 is 2.36 bits per heavy atom. The van der Waals surface area contributed by atoms with Crippen LogP contribution in [0.5, 0.6) is 0 Å². The first-order chi connectivity index (χ1) is 13.4. The van der Waals surface area contributed by atoms with E-state index < -0.39 is 10.0 Å². The molecule has 0 aromatic heterocycles. The molecule has 0 saturated carbocycles. The van der Waals surface area contributed by atoms with Crippen LogP contribution in [0, 0.1) is 0 Å². The normalized spacial score (nSPS) is 17.8. The van der Waals surface area contributed by atoms with E-state index in [0.29, 0.717) is 11.3 Å². The zero-order valence-corrected chi connectivity index (χ0v) is 17.4. The third kappa shape index (κ3) is 4.22. The third-order valence-electron chi connectivity index (χ3n) is 5.49. The largest absolute Gasteiger partial charge is 0.336 e. The number of nitrogens with zero attached hydrogens (tertiary/aromatic N) is 2. The van der Waals surface area contributed by atoms with Crippen LogP contribution in [0.2, 0.25) is 0 Å². The summed E-state index contributed by atoms with van der Waals surface area (Å²) in [5.41, 5.74) is 1.14. The first-order valence-electron chi connectivity index (χ1n) is 9.90. The van der Waals surface area contributed by atoms with Crippen LogP contribution in [0.4, 0.5) is 5.69 Å². The summed E-state index contributed by atoms with van der Waals surface area (Å²) in [5, 5.41) is 0. The molecule has 0 radical (unpaired) electrons. The SMILES string of the molecule is CCC1CCCCCN1C(=O)c1ccc(S(=O)(=O)N(C)c2ccccc2)cc1. The Morgan fingerprint density at radius 2 is 1.71 bits per heavy atom. The van der Waals surface area contributed by atoms with Gasteiger partial charge in [0.1, 0.15) is 0 Å². The number of amides is 1. The molecule has 1 heterocycles. The topological polar surface area (TPSA) is 57.7 Å². The van der Waals surface area contributed by atoms with E-state index in [0.717, 1.165) is 38.6 Å². The number of para-hydroxylation sites is 1. The number of carbonyl (C=O) groups is 1. The average Bonchev–Trinajstić information content (AvgIpc) is 2.98. The lowest BCUT2D eigenvalue weighted by Crippen LogP contribution is -2.39. The number of sulfonamides is 1. The Hall–Kier alpha value is -2.34. The van der Waals surface area contributed by atoms with Crippen molar-refractivity contribution in [3.05, 3.63) is 60.2 Å². The van der Waals surface area contributed by atoms with Crippen LogP contribution in [0.25, 0.3) is 0 Å². The van der Waals surface area contributed by atoms with Gasteiger partial charge in [-0.15, -0.1) is 0 Å². The number of hydrogen-bond acceptors (Lipinski definition) is 3. The molecule has 6 heteroatoms. The van der Waals surface area contributed by atoms with E-state index in [-0.39, 0.29) is 16.8 Å². The first-order valence-corrected chi connectivity index (χ1v) is 11.3. The zero-order valence-electron chi connectivity index (χ0n) is 16.5. The van der Waals surface area contributed by atoms with E-state index in [1.807, 2.05) is 11.0 Å². The fourth-order valence-electron chi connectivity index (χ4n) is 3.74. The van der Waals surface area contributed by atoms with Crippen LogP contribution >= 0.6 is 0 Å². The molecule has 1 saturated heterocycles. The highest BCUT2D eigenvalue weighted by Crippen LogP contribution is 2.24. The first kappa shape index (κ1) is 20.4. The number of benzene rings is 2. The molecule has 150 valence electrons. The highest BCUT2D eigenvalue weighted by Gasteiger charge is 2.26. The van der Waals surface area contributed by atoms with Gasteiger partial charge in [0.2, 0.25) is 0 Å². The molecule has 1 aliphatic heterocycles. The minimum absolute atomic E-state index is 0.00545. The van der Waals surface area contributed by atoms with Crippen LogP contribution in [-0.4, -0.2) is 38.9 Å². The molecule has 1 unspecified atom stereocenters. The number of anilines is 1. The summed E-state index contributed by atoms with van der Waals surface area (Å²) in [7, 11) is -2.14. The third-order valence-corrected chi connectivity index (χ3v) is 7.29. The predicted octanol–water partition coefficient (Wildman–Crippen LogP) is 4.31. The monoisotopic (exact) mass is 400 g/mol. The number of carbonyl (C=O) groups excluding carboxylic acids is 1. The van der Waals surface area contributed by atoms with Gasteiger partial charge in [-0.05, 0) is 55.7 Å². The Balaban J connectivity index is 1.81. The number of rotatable bonds is 5. The maximum Gasteiger partial charge on any atom is 0.264 e. The molecular weight excluding hydrogens is 372 g/mol. The van der Waals surface area contributed by atoms with Crippen LogP contribution in [-0.2, 0) is 10.0 Å². The number of hydrogen-bond donors (Lipinski definition) is 0. The van der Waals surface area contributed by atoms with Gasteiger partial charge in [0, 0.05) is 25.2 Å². The second-order valence-corrected chi connectivity index (χ2v) is 9.21. The molecule has 1 aliphatic rings. The lowest BCUT2D eigenvalue weighted by molar-refractivity contribution is 0.0678. The molecule has 0 N–H and O–H groups in total. The van der Waals surface area contributed by atoms with E-state index in [2.05, 4.69) is 6.92 Å². The summed E-state index contributed by atoms with van der Waals surface area (Å²) >= 11 is 0. The quantitative estimate of drug-likeness (QED) is 0.752. The summed E-state index contributed by atoms with van der Waals surface area (Å²) in [6.45, 7) is 2.89. The molecule has 1 amide bonds. The molecule has 0 spiro atoms. The highest BCUT2D eigenvalue weighted by atomic mass is 32.2. The second kappa shape index (κ2) is 8.78. The summed E-state index contributed by atoms with van der Waals surface area (Å²) in [6.07, 6.45) is 5.32. The van der Waals surface area contributed by atoms with E-state index in [4.69, 9.17) is 0 Å². The van der Waals surface area contributed by atoms with E-state index in [1.165, 1.54) is 23.5 Å². The Kier molecular flexibility index (Phi) is 6.39. The molecule has 2 aromatic carbocycles. The number of likely N-dealkylation sites (tertiary alicyclic amines) is 1. The predicted molar refractivity (Wildman–Crippen MR) is 112 cm³/mol. The molecule has 1 fully saturated rings. The van der Waals surface area contributed by atoms with Gasteiger partial charge in [0.25, 0.3) is 15.9 Å². The summed E-state index contributed by atoms with van der Waals surface area (Å²) in [6, 6.07) is 15.5. The highest BCUT2D eigenvalue weighted by molar-refractivity contribution is 7.92. The van der Waals surface area contributed by atoms with Crippen molar-refractivity contribution in [3.63, 3.8) is 0 Å².